The molecule has 0 unspecified atom stereocenters. The molecule has 8 nitrogen and oxygen atoms in total. The number of fused-ring (bicyclic) bond motifs is 4. The van der Waals surface area contributed by atoms with Crippen LogP contribution in [0.15, 0.2) is 36.5 Å². The largest absolute Gasteiger partial charge is 0.493 e. The van der Waals surface area contributed by atoms with Gasteiger partial charge in [0.2, 0.25) is 6.79 Å². The van der Waals surface area contributed by atoms with Crippen LogP contribution < -0.4 is 24.3 Å². The van der Waals surface area contributed by atoms with Gasteiger partial charge in [-0.15, -0.1) is 0 Å². The van der Waals surface area contributed by atoms with Crippen molar-refractivity contribution in [2.75, 3.05) is 41.7 Å². The first kappa shape index (κ1) is 24.9. The van der Waals surface area contributed by atoms with Gasteiger partial charge in [0.15, 0.2) is 11.5 Å². The quantitative estimate of drug-likeness (QED) is 0.263. The van der Waals surface area contributed by atoms with Crippen molar-refractivity contribution in [1.29, 1.82) is 0 Å². The Kier molecular flexibility index (Phi) is 6.45. The number of methoxy groups -OCH3 is 2. The lowest BCUT2D eigenvalue weighted by molar-refractivity contribution is 0.0950. The molecular weight excluding hydrogens is 470 g/mol. The molecule has 1 aromatic heterocycles. The van der Waals surface area contributed by atoms with Gasteiger partial charge in [0, 0.05) is 46.1 Å². The van der Waals surface area contributed by atoms with Gasteiger partial charge in [-0.1, -0.05) is 0 Å². The number of aromatic nitrogens is 1. The molecule has 0 spiro atoms. The summed E-state index contributed by atoms with van der Waals surface area (Å²) in [5.41, 5.74) is 1.33. The molecule has 5 rings (SSSR count). The van der Waals surface area contributed by atoms with E-state index in [9.17, 15) is 4.79 Å². The summed E-state index contributed by atoms with van der Waals surface area (Å²) in [5.74, 6) is 2.41. The summed E-state index contributed by atoms with van der Waals surface area (Å²) in [6.45, 7) is 5.09. The number of rotatable bonds is 8. The van der Waals surface area contributed by atoms with E-state index in [1.807, 2.05) is 30.3 Å². The topological polar surface area (TPSA) is 82.2 Å². The zero-order valence-corrected chi connectivity index (χ0v) is 22.2. The molecule has 2 heterocycles. The molecule has 1 aliphatic rings. The second-order valence-electron chi connectivity index (χ2n) is 10.2. The Morgan fingerprint density at radius 2 is 1.76 bits per heavy atom. The zero-order chi connectivity index (χ0) is 26.3. The average molecular weight is 504 g/mol. The number of benzene rings is 3. The standard InChI is InChI=1S/C29H33N3O5/c1-29(2,32(3)4)10-7-11-30-28(33)18-8-9-21-27-24(37-16-36-21)14-20-25(26(18)27)19-13-23(35-6)22(34-5)12-17(19)15-31-20/h8-9,12-15H,7,10-11,16H2,1-6H3,(H,30,33). The number of ether oxygens (including phenoxy) is 4. The third-order valence-electron chi connectivity index (χ3n) is 7.49. The normalized spacial score (nSPS) is 13.1. The lowest BCUT2D eigenvalue weighted by Crippen LogP contribution is -2.38. The fourth-order valence-corrected chi connectivity index (χ4v) is 4.84. The highest BCUT2D eigenvalue weighted by molar-refractivity contribution is 6.27. The van der Waals surface area contributed by atoms with Gasteiger partial charge in [0.05, 0.1) is 25.1 Å². The Morgan fingerprint density at radius 3 is 2.49 bits per heavy atom. The van der Waals surface area contributed by atoms with Crippen molar-refractivity contribution >= 4 is 38.4 Å². The van der Waals surface area contributed by atoms with Crippen LogP contribution in [0.4, 0.5) is 0 Å². The molecule has 0 atom stereocenters. The molecule has 0 radical (unpaired) electrons. The second-order valence-corrected chi connectivity index (χ2v) is 10.2. The monoisotopic (exact) mass is 503 g/mol. The van der Waals surface area contributed by atoms with E-state index >= 15 is 0 Å². The lowest BCUT2D eigenvalue weighted by Gasteiger charge is -2.32. The number of carbonyl (C=O) groups excluding carboxylic acids is 1. The molecule has 1 N–H and O–H groups in total. The fraction of sp³-hybridized carbons (Fsp3) is 0.379. The molecule has 3 aromatic carbocycles. The first-order chi connectivity index (χ1) is 17.7. The second kappa shape index (κ2) is 9.59. The van der Waals surface area contributed by atoms with Crippen LogP contribution in [0.25, 0.3) is 32.4 Å². The maximum Gasteiger partial charge on any atom is 0.251 e. The van der Waals surface area contributed by atoms with Gasteiger partial charge in [-0.25, -0.2) is 0 Å². The summed E-state index contributed by atoms with van der Waals surface area (Å²) in [6.07, 6.45) is 3.63. The van der Waals surface area contributed by atoms with Crippen molar-refractivity contribution in [2.24, 2.45) is 0 Å². The SMILES string of the molecule is COc1cc2cnc3cc4c5c(ccc(C(=O)NCCCC(C)(C)N(C)C)c5c3c2cc1OC)OCO4. The summed E-state index contributed by atoms with van der Waals surface area (Å²) in [6, 6.07) is 9.40. The van der Waals surface area contributed by atoms with Gasteiger partial charge in [0.1, 0.15) is 11.5 Å². The summed E-state index contributed by atoms with van der Waals surface area (Å²) in [5, 5.41) is 7.26. The Morgan fingerprint density at radius 1 is 1.03 bits per heavy atom. The molecule has 0 saturated heterocycles. The van der Waals surface area contributed by atoms with Crippen LogP contribution in [0.5, 0.6) is 23.0 Å². The highest BCUT2D eigenvalue weighted by Crippen LogP contribution is 2.45. The van der Waals surface area contributed by atoms with Crippen molar-refractivity contribution in [1.82, 2.24) is 15.2 Å². The number of hydrogen-bond acceptors (Lipinski definition) is 7. The minimum atomic E-state index is -0.143. The van der Waals surface area contributed by atoms with Crippen LogP contribution in [-0.4, -0.2) is 63.0 Å². The number of carbonyl (C=O) groups is 1. The molecule has 37 heavy (non-hydrogen) atoms. The van der Waals surface area contributed by atoms with Gasteiger partial charge < -0.3 is 29.2 Å². The Bertz CT molecular complexity index is 1510. The van der Waals surface area contributed by atoms with E-state index in [0.29, 0.717) is 35.1 Å². The number of pyridine rings is 1. The van der Waals surface area contributed by atoms with Crippen molar-refractivity contribution in [3.8, 4) is 23.0 Å². The Balaban J connectivity index is 1.66. The van der Waals surface area contributed by atoms with E-state index in [4.69, 9.17) is 23.9 Å². The summed E-state index contributed by atoms with van der Waals surface area (Å²) in [4.78, 5) is 20.5. The molecule has 0 bridgehead atoms. The zero-order valence-electron chi connectivity index (χ0n) is 22.2. The van der Waals surface area contributed by atoms with E-state index in [0.717, 1.165) is 45.3 Å². The molecule has 194 valence electrons. The Labute approximate surface area is 216 Å². The van der Waals surface area contributed by atoms with Crippen LogP contribution in [0, 0.1) is 0 Å². The third kappa shape index (κ3) is 4.35. The minimum absolute atomic E-state index is 0.0561. The Hall–Kier alpha value is -3.78. The van der Waals surface area contributed by atoms with E-state index < -0.39 is 0 Å². The molecule has 0 aliphatic carbocycles. The molecule has 4 aromatic rings. The van der Waals surface area contributed by atoms with Gasteiger partial charge in [-0.05, 0) is 70.4 Å². The van der Waals surface area contributed by atoms with Crippen LogP contribution in [0.2, 0.25) is 0 Å². The van der Waals surface area contributed by atoms with Gasteiger partial charge in [-0.3, -0.25) is 9.78 Å². The smallest absolute Gasteiger partial charge is 0.251 e. The molecular formula is C29H33N3O5. The van der Waals surface area contributed by atoms with Crippen molar-refractivity contribution in [3.63, 3.8) is 0 Å². The molecule has 1 amide bonds. The highest BCUT2D eigenvalue weighted by atomic mass is 16.7. The van der Waals surface area contributed by atoms with Crippen LogP contribution in [-0.2, 0) is 0 Å². The molecule has 1 aliphatic heterocycles. The number of nitrogens with one attached hydrogen (secondary N) is 1. The van der Waals surface area contributed by atoms with Crippen molar-refractivity contribution in [3.05, 3.63) is 42.1 Å². The van der Waals surface area contributed by atoms with Crippen molar-refractivity contribution < 1.29 is 23.7 Å². The van der Waals surface area contributed by atoms with Crippen LogP contribution >= 0.6 is 0 Å². The third-order valence-corrected chi connectivity index (χ3v) is 7.49. The van der Waals surface area contributed by atoms with Gasteiger partial charge in [-0.2, -0.15) is 0 Å². The molecule has 0 saturated carbocycles. The molecule has 8 heteroatoms. The maximum atomic E-state index is 13.6. The van der Waals surface area contributed by atoms with Crippen molar-refractivity contribution in [2.45, 2.75) is 32.2 Å². The van der Waals surface area contributed by atoms with Crippen LogP contribution in [0.3, 0.4) is 0 Å². The summed E-state index contributed by atoms with van der Waals surface area (Å²) < 4.78 is 22.8. The van der Waals surface area contributed by atoms with Crippen LogP contribution in [0.1, 0.15) is 37.0 Å². The van der Waals surface area contributed by atoms with Gasteiger partial charge >= 0.3 is 0 Å². The summed E-state index contributed by atoms with van der Waals surface area (Å²) in [7, 11) is 7.37. The van der Waals surface area contributed by atoms with E-state index in [1.54, 1.807) is 20.4 Å². The predicted molar refractivity (Wildman–Crippen MR) is 145 cm³/mol. The lowest BCUT2D eigenvalue weighted by atomic mass is 9.94. The maximum absolute atomic E-state index is 13.6. The first-order valence-corrected chi connectivity index (χ1v) is 12.4. The highest BCUT2D eigenvalue weighted by Gasteiger charge is 2.25. The van der Waals surface area contributed by atoms with E-state index in [-0.39, 0.29) is 18.2 Å². The fourth-order valence-electron chi connectivity index (χ4n) is 4.84. The average Bonchev–Trinajstić information content (AvgIpc) is 2.90. The van der Waals surface area contributed by atoms with E-state index in [2.05, 4.69) is 38.2 Å². The minimum Gasteiger partial charge on any atom is -0.493 e. The number of nitrogens with zero attached hydrogens (tertiary/aromatic N) is 2. The van der Waals surface area contributed by atoms with Gasteiger partial charge in [0.25, 0.3) is 5.91 Å². The summed E-state index contributed by atoms with van der Waals surface area (Å²) >= 11 is 0. The number of hydrogen-bond donors (Lipinski definition) is 1. The predicted octanol–water partition coefficient (Wildman–Crippen LogP) is 5.14. The van der Waals surface area contributed by atoms with E-state index in [1.165, 1.54) is 0 Å². The first-order valence-electron chi connectivity index (χ1n) is 12.4. The number of amides is 1. The molecule has 0 fully saturated rings.